The molecule has 0 aliphatic carbocycles. The van der Waals surface area contributed by atoms with E-state index in [1.54, 1.807) is 12.1 Å². The maximum atomic E-state index is 12.8. The normalized spacial score (nSPS) is 16.7. The summed E-state index contributed by atoms with van der Waals surface area (Å²) in [6.07, 6.45) is 0.245. The lowest BCUT2D eigenvalue weighted by atomic mass is 10.0. The highest BCUT2D eigenvalue weighted by atomic mass is 35.5. The molecule has 2 aromatic rings. The third-order valence-electron chi connectivity index (χ3n) is 4.07. The Morgan fingerprint density at radius 2 is 1.89 bits per heavy atom. The maximum Gasteiger partial charge on any atom is 0.433 e. The van der Waals surface area contributed by atoms with E-state index in [1.807, 2.05) is 29.3 Å². The number of amidine groups is 1. The number of rotatable bonds is 3. The second-order valence-electron chi connectivity index (χ2n) is 6.01. The molecule has 2 aliphatic rings. The molecule has 0 bridgehead atoms. The fraction of sp³-hybridized carbons (Fsp3) is 0.158. The predicted octanol–water partition coefficient (Wildman–Crippen LogP) is 5.73. The summed E-state index contributed by atoms with van der Waals surface area (Å²) in [6, 6.07) is 9.27. The Labute approximate surface area is 168 Å². The van der Waals surface area contributed by atoms with Gasteiger partial charge in [-0.3, -0.25) is 4.98 Å². The SMILES string of the molecule is FC(F)(F)c1cc(Oc2ccc(C3=CC(Cl)=CN4CCSN=C34)cc2)ccn1. The molecule has 1 aromatic carbocycles. The largest absolute Gasteiger partial charge is 0.457 e. The van der Waals surface area contributed by atoms with Crippen molar-refractivity contribution in [1.82, 2.24) is 9.88 Å². The van der Waals surface area contributed by atoms with Crippen LogP contribution in [0.1, 0.15) is 11.3 Å². The molecule has 4 nitrogen and oxygen atoms in total. The van der Waals surface area contributed by atoms with Gasteiger partial charge in [0, 0.05) is 36.3 Å². The molecule has 3 heterocycles. The van der Waals surface area contributed by atoms with Crippen molar-refractivity contribution in [1.29, 1.82) is 0 Å². The van der Waals surface area contributed by atoms with Crippen molar-refractivity contribution in [2.24, 2.45) is 4.40 Å². The van der Waals surface area contributed by atoms with Gasteiger partial charge in [0.25, 0.3) is 0 Å². The number of nitrogens with zero attached hydrogens (tertiary/aromatic N) is 3. The quantitative estimate of drug-likeness (QED) is 0.591. The van der Waals surface area contributed by atoms with Crippen molar-refractivity contribution in [2.45, 2.75) is 6.18 Å². The second kappa shape index (κ2) is 7.52. The lowest BCUT2D eigenvalue weighted by molar-refractivity contribution is -0.141. The van der Waals surface area contributed by atoms with E-state index >= 15 is 0 Å². The van der Waals surface area contributed by atoms with Gasteiger partial charge in [-0.05, 0) is 41.8 Å². The maximum absolute atomic E-state index is 12.8. The highest BCUT2D eigenvalue weighted by molar-refractivity contribution is 7.98. The summed E-state index contributed by atoms with van der Waals surface area (Å²) in [5.41, 5.74) is 0.772. The smallest absolute Gasteiger partial charge is 0.433 e. The fourth-order valence-electron chi connectivity index (χ4n) is 2.80. The number of ether oxygens (including phenoxy) is 1. The van der Waals surface area contributed by atoms with Crippen LogP contribution in [-0.2, 0) is 6.18 Å². The molecule has 0 saturated heterocycles. The van der Waals surface area contributed by atoms with Crippen molar-refractivity contribution in [3.8, 4) is 11.5 Å². The third kappa shape index (κ3) is 4.02. The van der Waals surface area contributed by atoms with Crippen LogP contribution in [0.15, 0.2) is 64.3 Å². The number of alkyl halides is 3. The minimum atomic E-state index is -4.52. The van der Waals surface area contributed by atoms with Crippen LogP contribution in [0.4, 0.5) is 13.2 Å². The van der Waals surface area contributed by atoms with E-state index < -0.39 is 11.9 Å². The summed E-state index contributed by atoms with van der Waals surface area (Å²) >= 11 is 7.73. The molecule has 144 valence electrons. The monoisotopic (exact) mass is 423 g/mol. The molecular formula is C19H13ClF3N3OS. The molecular weight excluding hydrogens is 411 g/mol. The molecule has 0 N–H and O–H groups in total. The van der Waals surface area contributed by atoms with Gasteiger partial charge in [-0.2, -0.15) is 17.6 Å². The van der Waals surface area contributed by atoms with Crippen molar-refractivity contribution in [3.63, 3.8) is 0 Å². The van der Waals surface area contributed by atoms with Crippen molar-refractivity contribution < 1.29 is 17.9 Å². The minimum Gasteiger partial charge on any atom is -0.457 e. The minimum absolute atomic E-state index is 0.0668. The lowest BCUT2D eigenvalue weighted by Crippen LogP contribution is -2.33. The molecule has 2 aliphatic heterocycles. The van der Waals surface area contributed by atoms with Crippen molar-refractivity contribution in [3.05, 3.63) is 71.2 Å². The van der Waals surface area contributed by atoms with E-state index in [2.05, 4.69) is 9.38 Å². The Morgan fingerprint density at radius 3 is 2.64 bits per heavy atom. The zero-order valence-corrected chi connectivity index (χ0v) is 15.9. The third-order valence-corrected chi connectivity index (χ3v) is 4.95. The van der Waals surface area contributed by atoms with E-state index in [1.165, 1.54) is 18.0 Å². The van der Waals surface area contributed by atoms with Crippen LogP contribution in [0.3, 0.4) is 0 Å². The van der Waals surface area contributed by atoms with Gasteiger partial charge in [-0.25, -0.2) is 0 Å². The number of pyridine rings is 1. The van der Waals surface area contributed by atoms with Gasteiger partial charge in [0.1, 0.15) is 23.0 Å². The Kier molecular flexibility index (Phi) is 5.07. The number of halogens is 4. The summed E-state index contributed by atoms with van der Waals surface area (Å²) < 4.78 is 48.4. The molecule has 9 heteroatoms. The summed E-state index contributed by atoms with van der Waals surface area (Å²) in [5.74, 6) is 2.20. The van der Waals surface area contributed by atoms with Crippen LogP contribution in [0, 0.1) is 0 Å². The fourth-order valence-corrected chi connectivity index (χ4v) is 3.73. The first-order chi connectivity index (χ1) is 13.4. The zero-order chi connectivity index (χ0) is 19.7. The highest BCUT2D eigenvalue weighted by Gasteiger charge is 2.32. The standard InChI is InChI=1S/C19H13ClF3N3OS/c20-13-9-16(18-25-28-8-7-26(18)11-13)12-1-3-14(4-2-12)27-15-5-6-24-17(10-15)19(21,22)23/h1-6,9-11H,7-8H2. The first-order valence-corrected chi connectivity index (χ1v) is 9.60. The van der Waals surface area contributed by atoms with Crippen molar-refractivity contribution >= 4 is 35.0 Å². The molecule has 0 fully saturated rings. The number of hydrogen-bond acceptors (Lipinski definition) is 5. The lowest BCUT2D eigenvalue weighted by Gasteiger charge is -2.30. The highest BCUT2D eigenvalue weighted by Crippen LogP contribution is 2.33. The number of hydrogen-bond donors (Lipinski definition) is 0. The summed E-state index contributed by atoms with van der Waals surface area (Å²) in [5, 5.41) is 0.609. The van der Waals surface area contributed by atoms with Crippen LogP contribution < -0.4 is 4.74 Å². The summed E-state index contributed by atoms with van der Waals surface area (Å²) in [4.78, 5) is 5.33. The number of allylic oxidation sites excluding steroid dienone is 2. The van der Waals surface area contributed by atoms with E-state index in [4.69, 9.17) is 16.3 Å². The average molecular weight is 424 g/mol. The molecule has 1 aromatic heterocycles. The first kappa shape index (κ1) is 18.9. The van der Waals surface area contributed by atoms with Crippen LogP contribution in [0.25, 0.3) is 5.57 Å². The van der Waals surface area contributed by atoms with Crippen molar-refractivity contribution in [2.75, 3.05) is 12.3 Å². The summed E-state index contributed by atoms with van der Waals surface area (Å²) in [6.45, 7) is 0.821. The summed E-state index contributed by atoms with van der Waals surface area (Å²) in [7, 11) is 0. The predicted molar refractivity (Wildman–Crippen MR) is 104 cm³/mol. The van der Waals surface area contributed by atoms with Gasteiger partial charge in [0.2, 0.25) is 0 Å². The van der Waals surface area contributed by atoms with Gasteiger partial charge in [0.05, 0.1) is 5.03 Å². The van der Waals surface area contributed by atoms with Crippen LogP contribution in [-0.4, -0.2) is 28.0 Å². The van der Waals surface area contributed by atoms with E-state index in [0.29, 0.717) is 10.8 Å². The van der Waals surface area contributed by atoms with E-state index in [-0.39, 0.29) is 5.75 Å². The van der Waals surface area contributed by atoms with Gasteiger partial charge in [-0.15, -0.1) is 0 Å². The zero-order valence-electron chi connectivity index (χ0n) is 14.3. The van der Waals surface area contributed by atoms with E-state index in [0.717, 1.165) is 41.5 Å². The topological polar surface area (TPSA) is 37.7 Å². The van der Waals surface area contributed by atoms with Gasteiger partial charge < -0.3 is 9.64 Å². The number of fused-ring (bicyclic) bond motifs is 1. The van der Waals surface area contributed by atoms with E-state index in [9.17, 15) is 13.2 Å². The molecule has 0 spiro atoms. The molecule has 0 radical (unpaired) electrons. The molecule has 0 unspecified atom stereocenters. The first-order valence-electron chi connectivity index (χ1n) is 8.28. The Balaban J connectivity index is 1.56. The number of benzene rings is 1. The van der Waals surface area contributed by atoms with Crippen LogP contribution in [0.5, 0.6) is 11.5 Å². The Hall–Kier alpha value is -2.45. The molecule has 4 rings (SSSR count). The Bertz CT molecular complexity index is 987. The second-order valence-corrected chi connectivity index (χ2v) is 7.30. The van der Waals surface area contributed by atoms with Crippen LogP contribution >= 0.6 is 23.5 Å². The number of aromatic nitrogens is 1. The van der Waals surface area contributed by atoms with Gasteiger partial charge in [-0.1, -0.05) is 23.7 Å². The molecule has 0 atom stereocenters. The molecule has 28 heavy (non-hydrogen) atoms. The van der Waals surface area contributed by atoms with Gasteiger partial charge >= 0.3 is 6.18 Å². The molecule has 0 saturated carbocycles. The average Bonchev–Trinajstić information content (AvgIpc) is 2.67. The van der Waals surface area contributed by atoms with Gasteiger partial charge in [0.15, 0.2) is 0 Å². The Morgan fingerprint density at radius 1 is 1.11 bits per heavy atom. The van der Waals surface area contributed by atoms with Crippen LogP contribution in [0.2, 0.25) is 0 Å². The molecule has 0 amide bonds.